The van der Waals surface area contributed by atoms with E-state index in [0.717, 1.165) is 11.0 Å². The Morgan fingerprint density at radius 1 is 1.60 bits per heavy atom. The minimum atomic E-state index is -2.15. The number of ether oxygens (including phenoxy) is 1. The smallest absolute Gasteiger partial charge is 0.387 e. The van der Waals surface area contributed by atoms with E-state index in [-0.39, 0.29) is 12.4 Å². The summed E-state index contributed by atoms with van der Waals surface area (Å²) >= 11 is 3.55. The molecule has 1 amide bonds. The molecule has 20 heavy (non-hydrogen) atoms. The van der Waals surface area contributed by atoms with Crippen LogP contribution in [0.5, 0.6) is 0 Å². The second-order valence-corrected chi connectivity index (χ2v) is 5.71. The van der Waals surface area contributed by atoms with E-state index in [4.69, 9.17) is 15.0 Å². The predicted octanol–water partition coefficient (Wildman–Crippen LogP) is -1.40. The molecule has 0 radical (unpaired) electrons. The number of rotatable bonds is 5. The second-order valence-electron chi connectivity index (χ2n) is 3.99. The molecule has 0 saturated carbocycles. The molecule has 4 N–H and O–H groups in total. The predicted molar refractivity (Wildman–Crippen MR) is 67.0 cm³/mol. The Bertz CT molecular complexity index is 527. The summed E-state index contributed by atoms with van der Waals surface area (Å²) in [5.74, 6) is -1.07. The van der Waals surface area contributed by atoms with Crippen LogP contribution in [-0.4, -0.2) is 55.8 Å². The highest BCUT2D eigenvalue weighted by Gasteiger charge is 2.45. The van der Waals surface area contributed by atoms with Crippen LogP contribution in [-0.2, 0) is 13.8 Å². The lowest BCUT2D eigenvalue weighted by molar-refractivity contribution is -0.0546. The first-order valence-corrected chi connectivity index (χ1v) is 7.74. The fraction of sp³-hybridized carbons (Fsp3) is 0.625. The van der Waals surface area contributed by atoms with Gasteiger partial charge in [0.15, 0.2) is 6.23 Å². The maximum atomic E-state index is 10.9. The molecular weight excluding hydrogens is 311 g/mol. The maximum Gasteiger partial charge on any atom is 0.582 e. The van der Waals surface area contributed by atoms with E-state index in [0.29, 0.717) is 0 Å². The van der Waals surface area contributed by atoms with E-state index in [1.54, 1.807) is 0 Å². The van der Waals surface area contributed by atoms with Crippen LogP contribution in [0.15, 0.2) is 6.33 Å². The van der Waals surface area contributed by atoms with Gasteiger partial charge in [-0.2, -0.15) is 0 Å². The van der Waals surface area contributed by atoms with Gasteiger partial charge in [-0.15, -0.1) is 9.62 Å². The number of carbonyl (C=O) groups excluding carboxylic acids is 1. The van der Waals surface area contributed by atoms with Gasteiger partial charge in [-0.05, 0) is 4.57 Å². The lowest BCUT2D eigenvalue weighted by atomic mass is 10.1. The highest BCUT2D eigenvalue weighted by molar-refractivity contribution is 8.39. The van der Waals surface area contributed by atoms with Crippen molar-refractivity contribution < 1.29 is 28.8 Å². The van der Waals surface area contributed by atoms with Gasteiger partial charge in [-0.1, -0.05) is 0 Å². The van der Waals surface area contributed by atoms with Gasteiger partial charge in [-0.3, -0.25) is 4.79 Å². The summed E-state index contributed by atoms with van der Waals surface area (Å²) in [7, 11) is -2.15. The van der Waals surface area contributed by atoms with Crippen LogP contribution in [0.2, 0.25) is 0 Å². The lowest BCUT2D eigenvalue weighted by Crippen LogP contribution is -2.33. The molecule has 0 spiro atoms. The largest absolute Gasteiger partial charge is 0.582 e. The summed E-state index contributed by atoms with van der Waals surface area (Å²) in [5.41, 5.74) is 5.00. The Labute approximate surface area is 118 Å². The number of thiol groups is 1. The summed E-state index contributed by atoms with van der Waals surface area (Å²) in [4.78, 5) is 14.5. The van der Waals surface area contributed by atoms with Crippen molar-refractivity contribution >= 4 is 25.4 Å². The van der Waals surface area contributed by atoms with Crippen LogP contribution in [0.3, 0.4) is 0 Å². The SMILES string of the molecule is NC(=O)c1ncn([C@@H]2O[C@H](CO[P+](=O)S)[C@@H](O)[C@H]2O)n1. The molecule has 1 fully saturated rings. The molecule has 5 atom stereocenters. The highest BCUT2D eigenvalue weighted by Crippen LogP contribution is 2.32. The number of nitrogens with zero attached hydrogens (tertiary/aromatic N) is 3. The number of hydrogen-bond acceptors (Lipinski definition) is 8. The zero-order valence-corrected chi connectivity index (χ0v) is 11.7. The van der Waals surface area contributed by atoms with Crippen LogP contribution < -0.4 is 5.73 Å². The molecule has 1 aliphatic heterocycles. The van der Waals surface area contributed by atoms with Gasteiger partial charge in [0.25, 0.3) is 5.91 Å². The number of primary amides is 1. The Morgan fingerprint density at radius 2 is 2.30 bits per heavy atom. The Balaban J connectivity index is 2.08. The van der Waals surface area contributed by atoms with Gasteiger partial charge in [-0.25, -0.2) is 9.67 Å². The molecule has 1 aliphatic rings. The van der Waals surface area contributed by atoms with Crippen LogP contribution in [0.4, 0.5) is 0 Å². The number of amides is 1. The monoisotopic (exact) mass is 323 g/mol. The van der Waals surface area contributed by atoms with Crippen LogP contribution in [0, 0.1) is 0 Å². The third kappa shape index (κ3) is 3.14. The van der Waals surface area contributed by atoms with Crippen molar-refractivity contribution in [1.82, 2.24) is 14.8 Å². The topological polar surface area (TPSA) is 150 Å². The van der Waals surface area contributed by atoms with Crippen molar-refractivity contribution in [3.63, 3.8) is 0 Å². The number of carbonyl (C=O) groups is 1. The standard InChI is InChI=1S/C8H11N4O6PS/c9-6(15)7-10-2-12(11-7)8-5(14)4(13)3(18-8)1-17-19(16)20/h2-5,8,13-14H,1H2,(H2-,9,15,16,20)/p+1/t3-,4-,5-,8-/m1/s1. The molecule has 2 heterocycles. The Kier molecular flexibility index (Phi) is 4.68. The van der Waals surface area contributed by atoms with E-state index in [9.17, 15) is 19.6 Å². The zero-order valence-electron chi connectivity index (χ0n) is 9.93. The maximum absolute atomic E-state index is 10.9. The van der Waals surface area contributed by atoms with Crippen LogP contribution in [0.1, 0.15) is 16.8 Å². The molecule has 1 aromatic rings. The number of nitrogens with two attached hydrogens (primary N) is 1. The number of aliphatic hydroxyl groups excluding tert-OH is 2. The van der Waals surface area contributed by atoms with Gasteiger partial charge in [0.1, 0.15) is 43.5 Å². The highest BCUT2D eigenvalue weighted by atomic mass is 32.7. The molecule has 2 rings (SSSR count). The number of aliphatic hydroxyl groups is 2. The average Bonchev–Trinajstić information content (AvgIpc) is 2.95. The normalized spacial score (nSPS) is 30.4. The van der Waals surface area contributed by atoms with Crippen molar-refractivity contribution in [2.45, 2.75) is 24.5 Å². The fourth-order valence-electron chi connectivity index (χ4n) is 1.73. The first kappa shape index (κ1) is 15.3. The van der Waals surface area contributed by atoms with Gasteiger partial charge < -0.3 is 20.7 Å². The van der Waals surface area contributed by atoms with Gasteiger partial charge >= 0.3 is 7.23 Å². The molecule has 0 aliphatic carbocycles. The minimum absolute atomic E-state index is 0.217. The number of aromatic nitrogens is 3. The molecule has 1 aromatic heterocycles. The molecular formula is C8H12N4O6PS+. The Hall–Kier alpha value is -1.10. The van der Waals surface area contributed by atoms with E-state index in [2.05, 4.69) is 22.3 Å². The first-order valence-electron chi connectivity index (χ1n) is 5.41. The summed E-state index contributed by atoms with van der Waals surface area (Å²) in [6.45, 7) is -0.217. The summed E-state index contributed by atoms with van der Waals surface area (Å²) in [6.07, 6.45) is -3.42. The molecule has 0 aromatic carbocycles. The minimum Gasteiger partial charge on any atom is -0.387 e. The fourth-order valence-corrected chi connectivity index (χ4v) is 2.21. The lowest BCUT2D eigenvalue weighted by Gasteiger charge is -2.13. The average molecular weight is 323 g/mol. The van der Waals surface area contributed by atoms with Crippen molar-refractivity contribution in [3.8, 4) is 0 Å². The number of hydrogen-bond donors (Lipinski definition) is 4. The first-order chi connectivity index (χ1) is 9.40. The van der Waals surface area contributed by atoms with E-state index >= 15 is 0 Å². The van der Waals surface area contributed by atoms with Crippen molar-refractivity contribution in [3.05, 3.63) is 12.2 Å². The molecule has 0 bridgehead atoms. The van der Waals surface area contributed by atoms with E-state index in [1.165, 1.54) is 0 Å². The van der Waals surface area contributed by atoms with Crippen molar-refractivity contribution in [2.24, 2.45) is 5.73 Å². The van der Waals surface area contributed by atoms with Crippen LogP contribution in [0.25, 0.3) is 0 Å². The summed E-state index contributed by atoms with van der Waals surface area (Å²) in [5, 5.41) is 23.4. The van der Waals surface area contributed by atoms with Crippen molar-refractivity contribution in [2.75, 3.05) is 6.61 Å². The van der Waals surface area contributed by atoms with E-state index < -0.39 is 37.7 Å². The molecule has 10 nitrogen and oxygen atoms in total. The van der Waals surface area contributed by atoms with Gasteiger partial charge in [0, 0.05) is 0 Å². The molecule has 1 saturated heterocycles. The summed E-state index contributed by atoms with van der Waals surface area (Å²) in [6, 6.07) is 0. The van der Waals surface area contributed by atoms with E-state index in [1.807, 2.05) is 0 Å². The molecule has 12 heteroatoms. The van der Waals surface area contributed by atoms with Crippen LogP contribution >= 0.6 is 19.5 Å². The quantitative estimate of drug-likeness (QED) is 0.382. The third-order valence-electron chi connectivity index (χ3n) is 2.68. The van der Waals surface area contributed by atoms with Crippen molar-refractivity contribution in [1.29, 1.82) is 0 Å². The van der Waals surface area contributed by atoms with Gasteiger partial charge in [0.2, 0.25) is 5.82 Å². The molecule has 110 valence electrons. The second kappa shape index (κ2) is 6.12. The van der Waals surface area contributed by atoms with Gasteiger partial charge in [0.05, 0.1) is 0 Å². The Morgan fingerprint density at radius 3 is 2.85 bits per heavy atom. The third-order valence-corrected chi connectivity index (χ3v) is 3.39. The zero-order chi connectivity index (χ0) is 14.9. The molecule has 1 unspecified atom stereocenters. The summed E-state index contributed by atoms with van der Waals surface area (Å²) < 4.78 is 21.9.